The van der Waals surface area contributed by atoms with Crippen molar-refractivity contribution >= 4 is 5.91 Å². The maximum Gasteiger partial charge on any atom is 0.223 e. The van der Waals surface area contributed by atoms with E-state index >= 15 is 0 Å². The molecule has 0 radical (unpaired) electrons. The van der Waals surface area contributed by atoms with Crippen molar-refractivity contribution in [1.82, 2.24) is 4.90 Å². The van der Waals surface area contributed by atoms with Crippen LogP contribution in [0.5, 0.6) is 11.5 Å². The number of methoxy groups -OCH3 is 1. The molecule has 3 rings (SSSR count). The van der Waals surface area contributed by atoms with E-state index in [-0.39, 0.29) is 36.1 Å². The predicted molar refractivity (Wildman–Crippen MR) is 86.3 cm³/mol. The molecule has 1 aromatic rings. The van der Waals surface area contributed by atoms with E-state index in [0.717, 1.165) is 24.0 Å². The molecule has 5 heteroatoms. The van der Waals surface area contributed by atoms with E-state index in [0.29, 0.717) is 18.7 Å². The summed E-state index contributed by atoms with van der Waals surface area (Å²) in [6.45, 7) is 4.47. The summed E-state index contributed by atoms with van der Waals surface area (Å²) < 4.78 is 5.19. The number of amides is 1. The Kier molecular flexibility index (Phi) is 4.31. The van der Waals surface area contributed by atoms with Crippen molar-refractivity contribution < 1.29 is 19.7 Å². The van der Waals surface area contributed by atoms with Gasteiger partial charge in [0.2, 0.25) is 5.91 Å². The van der Waals surface area contributed by atoms with Gasteiger partial charge >= 0.3 is 0 Å². The van der Waals surface area contributed by atoms with Crippen LogP contribution in [0.25, 0.3) is 0 Å². The van der Waals surface area contributed by atoms with Crippen molar-refractivity contribution in [2.24, 2.45) is 11.8 Å². The van der Waals surface area contributed by atoms with Crippen molar-refractivity contribution in [3.05, 3.63) is 35.9 Å². The van der Waals surface area contributed by atoms with Crippen molar-refractivity contribution in [2.75, 3.05) is 20.3 Å². The lowest BCUT2D eigenvalue weighted by Gasteiger charge is -2.44. The van der Waals surface area contributed by atoms with Gasteiger partial charge in [0.1, 0.15) is 0 Å². The fraction of sp³-hybridized carbons (Fsp3) is 0.500. The van der Waals surface area contributed by atoms with Gasteiger partial charge in [0.15, 0.2) is 11.5 Å². The number of hydrogen-bond acceptors (Lipinski definition) is 4. The van der Waals surface area contributed by atoms with Crippen LogP contribution in [-0.2, 0) is 11.2 Å². The van der Waals surface area contributed by atoms with Crippen LogP contribution in [0.1, 0.15) is 30.0 Å². The molecular formula is C18H23NO4. The highest BCUT2D eigenvalue weighted by Crippen LogP contribution is 2.44. The zero-order chi connectivity index (χ0) is 16.6. The summed E-state index contributed by atoms with van der Waals surface area (Å²) in [5.41, 5.74) is 2.11. The number of phenols is 1. The Morgan fingerprint density at radius 2 is 2.30 bits per heavy atom. The third-order valence-corrected chi connectivity index (χ3v) is 5.20. The van der Waals surface area contributed by atoms with Crippen LogP contribution in [0, 0.1) is 11.8 Å². The second-order valence-electron chi connectivity index (χ2n) is 6.36. The highest BCUT2D eigenvalue weighted by molar-refractivity contribution is 5.78. The molecule has 0 bridgehead atoms. The molecule has 5 nitrogen and oxygen atoms in total. The van der Waals surface area contributed by atoms with Gasteiger partial charge in [-0.1, -0.05) is 6.08 Å². The van der Waals surface area contributed by atoms with E-state index in [1.54, 1.807) is 12.1 Å². The molecule has 0 saturated carbocycles. The van der Waals surface area contributed by atoms with E-state index < -0.39 is 0 Å². The molecule has 2 heterocycles. The summed E-state index contributed by atoms with van der Waals surface area (Å²) in [5.74, 6) is 0.701. The topological polar surface area (TPSA) is 70.0 Å². The van der Waals surface area contributed by atoms with Gasteiger partial charge in [0.05, 0.1) is 13.2 Å². The Morgan fingerprint density at radius 1 is 1.52 bits per heavy atom. The molecule has 124 valence electrons. The summed E-state index contributed by atoms with van der Waals surface area (Å²) in [7, 11) is 1.53. The number of benzene rings is 1. The number of carbonyl (C=O) groups is 1. The molecule has 1 saturated heterocycles. The fourth-order valence-electron chi connectivity index (χ4n) is 3.89. The SMILES string of the molecule is C=C[C@H](CO)[C@H]1CC(=O)N2CCc3cc(OC)c(O)cc3[C@@H]2C1. The second kappa shape index (κ2) is 6.24. The molecular weight excluding hydrogens is 294 g/mol. The Bertz CT molecular complexity index is 628. The van der Waals surface area contributed by atoms with Crippen molar-refractivity contribution in [1.29, 1.82) is 0 Å². The van der Waals surface area contributed by atoms with Gasteiger partial charge in [0, 0.05) is 25.5 Å². The van der Waals surface area contributed by atoms with Crippen molar-refractivity contribution in [3.8, 4) is 11.5 Å². The number of aliphatic hydroxyl groups is 1. The number of piperidine rings is 1. The number of nitrogens with zero attached hydrogens (tertiary/aromatic N) is 1. The molecule has 1 aromatic carbocycles. The van der Waals surface area contributed by atoms with Crippen LogP contribution in [-0.4, -0.2) is 41.3 Å². The number of hydrogen-bond donors (Lipinski definition) is 2. The van der Waals surface area contributed by atoms with Gasteiger partial charge in [-0.2, -0.15) is 0 Å². The number of aromatic hydroxyl groups is 1. The minimum absolute atomic E-state index is 0.00882. The third kappa shape index (κ3) is 2.70. The summed E-state index contributed by atoms with van der Waals surface area (Å²) >= 11 is 0. The Labute approximate surface area is 136 Å². The molecule has 0 aromatic heterocycles. The minimum atomic E-state index is -0.0710. The number of ether oxygens (including phenoxy) is 1. The molecule has 2 aliphatic rings. The van der Waals surface area contributed by atoms with E-state index in [4.69, 9.17) is 4.74 Å². The van der Waals surface area contributed by atoms with Gasteiger partial charge in [-0.3, -0.25) is 4.79 Å². The summed E-state index contributed by atoms with van der Waals surface area (Å²) in [6.07, 6.45) is 3.74. The number of aliphatic hydroxyl groups excluding tert-OH is 1. The minimum Gasteiger partial charge on any atom is -0.504 e. The lowest BCUT2D eigenvalue weighted by molar-refractivity contribution is -0.140. The van der Waals surface area contributed by atoms with Gasteiger partial charge in [-0.25, -0.2) is 0 Å². The summed E-state index contributed by atoms with van der Waals surface area (Å²) in [5, 5.41) is 19.6. The third-order valence-electron chi connectivity index (χ3n) is 5.20. The molecule has 2 N–H and O–H groups in total. The highest BCUT2D eigenvalue weighted by Gasteiger charge is 2.40. The van der Waals surface area contributed by atoms with E-state index in [2.05, 4.69) is 6.58 Å². The van der Waals surface area contributed by atoms with E-state index in [1.165, 1.54) is 7.11 Å². The van der Waals surface area contributed by atoms with E-state index in [9.17, 15) is 15.0 Å². The smallest absolute Gasteiger partial charge is 0.223 e. The Balaban J connectivity index is 1.96. The van der Waals surface area contributed by atoms with Gasteiger partial charge in [-0.05, 0) is 42.0 Å². The maximum absolute atomic E-state index is 12.5. The molecule has 0 spiro atoms. The monoisotopic (exact) mass is 317 g/mol. The lowest BCUT2D eigenvalue weighted by atomic mass is 9.76. The zero-order valence-corrected chi connectivity index (χ0v) is 13.4. The van der Waals surface area contributed by atoms with Crippen LogP contribution in [0.15, 0.2) is 24.8 Å². The first kappa shape index (κ1) is 15.9. The number of fused-ring (bicyclic) bond motifs is 3. The van der Waals surface area contributed by atoms with Crippen LogP contribution < -0.4 is 4.74 Å². The van der Waals surface area contributed by atoms with E-state index in [1.807, 2.05) is 11.0 Å². The lowest BCUT2D eigenvalue weighted by Crippen LogP contribution is -2.46. The van der Waals surface area contributed by atoms with Crippen molar-refractivity contribution in [3.63, 3.8) is 0 Å². The number of phenolic OH excluding ortho intramolecular Hbond substituents is 1. The van der Waals surface area contributed by atoms with Gasteiger partial charge in [0.25, 0.3) is 0 Å². The highest BCUT2D eigenvalue weighted by atomic mass is 16.5. The molecule has 0 aliphatic carbocycles. The van der Waals surface area contributed by atoms with Crippen LogP contribution in [0.2, 0.25) is 0 Å². The first-order valence-corrected chi connectivity index (χ1v) is 8.01. The first-order valence-electron chi connectivity index (χ1n) is 8.01. The summed E-state index contributed by atoms with van der Waals surface area (Å²) in [6, 6.07) is 3.55. The normalized spacial score (nSPS) is 24.6. The van der Waals surface area contributed by atoms with Gasteiger partial charge in [-0.15, -0.1) is 6.58 Å². The molecule has 1 fully saturated rings. The number of rotatable bonds is 4. The predicted octanol–water partition coefficient (Wildman–Crippen LogP) is 2.03. The fourth-order valence-corrected chi connectivity index (χ4v) is 3.89. The molecule has 1 amide bonds. The molecule has 3 atom stereocenters. The first-order chi connectivity index (χ1) is 11.1. The van der Waals surface area contributed by atoms with Crippen LogP contribution >= 0.6 is 0 Å². The number of carbonyl (C=O) groups excluding carboxylic acids is 1. The standard InChI is InChI=1S/C18H23NO4/c1-3-11(10-20)13-6-15-14-9-16(21)17(23-2)7-12(14)4-5-19(15)18(22)8-13/h3,7,9,11,13,15,20-21H,1,4-6,8,10H2,2H3/t11-,13-,15+/m1/s1. The van der Waals surface area contributed by atoms with Gasteiger partial charge < -0.3 is 19.8 Å². The molecule has 0 unspecified atom stereocenters. The zero-order valence-electron chi connectivity index (χ0n) is 13.4. The second-order valence-corrected chi connectivity index (χ2v) is 6.36. The average molecular weight is 317 g/mol. The largest absolute Gasteiger partial charge is 0.504 e. The van der Waals surface area contributed by atoms with Crippen molar-refractivity contribution in [2.45, 2.75) is 25.3 Å². The Morgan fingerprint density at radius 3 is 2.96 bits per heavy atom. The van der Waals surface area contributed by atoms with Crippen LogP contribution in [0.3, 0.4) is 0 Å². The molecule has 23 heavy (non-hydrogen) atoms. The quantitative estimate of drug-likeness (QED) is 0.834. The van der Waals surface area contributed by atoms with Crippen LogP contribution in [0.4, 0.5) is 0 Å². The molecule has 2 aliphatic heterocycles. The average Bonchev–Trinajstić information content (AvgIpc) is 2.55. The summed E-state index contributed by atoms with van der Waals surface area (Å²) in [4.78, 5) is 14.4. The Hall–Kier alpha value is -2.01. The maximum atomic E-state index is 12.5.